The Kier molecular flexibility index (Phi) is 7.20. The minimum absolute atomic E-state index is 0.114. The predicted molar refractivity (Wildman–Crippen MR) is 135 cm³/mol. The van der Waals surface area contributed by atoms with Crippen LogP contribution in [0, 0.1) is 6.92 Å². The minimum atomic E-state index is -0.498. The summed E-state index contributed by atoms with van der Waals surface area (Å²) in [5, 5.41) is 0. The molecule has 9 nitrogen and oxygen atoms in total. The minimum Gasteiger partial charge on any atom is -0.497 e. The molecular formula is C25H28N4O5S. The second-order valence-corrected chi connectivity index (χ2v) is 9.35. The van der Waals surface area contributed by atoms with Crippen molar-refractivity contribution in [2.45, 2.75) is 53.3 Å². The van der Waals surface area contributed by atoms with Gasteiger partial charge in [-0.2, -0.15) is 0 Å². The molecule has 0 bridgehead atoms. The van der Waals surface area contributed by atoms with Gasteiger partial charge in [0.25, 0.3) is 5.56 Å². The van der Waals surface area contributed by atoms with E-state index in [0.29, 0.717) is 35.0 Å². The summed E-state index contributed by atoms with van der Waals surface area (Å²) >= 11 is 1.36. The maximum absolute atomic E-state index is 12.9. The van der Waals surface area contributed by atoms with Gasteiger partial charge in [0, 0.05) is 18.0 Å². The molecule has 1 N–H and O–H groups in total. The Hall–Kier alpha value is -3.66. The number of carbonyl (C=O) groups excluding carboxylic acids is 1. The van der Waals surface area contributed by atoms with Gasteiger partial charge in [-0.3, -0.25) is 14.3 Å². The topological polar surface area (TPSA) is 108 Å². The third-order valence-electron chi connectivity index (χ3n) is 5.87. The predicted octanol–water partition coefficient (Wildman–Crippen LogP) is 4.11. The van der Waals surface area contributed by atoms with E-state index >= 15 is 0 Å². The lowest BCUT2D eigenvalue weighted by atomic mass is 10.1. The molecule has 0 aliphatic rings. The van der Waals surface area contributed by atoms with Crippen LogP contribution in [0.15, 0.2) is 39.9 Å². The molecule has 10 heteroatoms. The lowest BCUT2D eigenvalue weighted by molar-refractivity contribution is 0.0464. The molecule has 3 aromatic heterocycles. The number of aryl methyl sites for hydroxylation is 3. The summed E-state index contributed by atoms with van der Waals surface area (Å²) in [6.07, 6.45) is 1.67. The highest BCUT2D eigenvalue weighted by molar-refractivity contribution is 7.14. The first-order valence-electron chi connectivity index (χ1n) is 11.5. The van der Waals surface area contributed by atoms with Gasteiger partial charge in [-0.15, -0.1) is 11.3 Å². The van der Waals surface area contributed by atoms with Crippen molar-refractivity contribution >= 4 is 28.5 Å². The highest BCUT2D eigenvalue weighted by Gasteiger charge is 2.20. The van der Waals surface area contributed by atoms with Gasteiger partial charge < -0.3 is 14.0 Å². The zero-order chi connectivity index (χ0) is 25.1. The monoisotopic (exact) mass is 496 g/mol. The highest BCUT2D eigenvalue weighted by atomic mass is 32.1. The number of aromatic amines is 1. The van der Waals surface area contributed by atoms with Crippen molar-refractivity contribution in [3.63, 3.8) is 0 Å². The van der Waals surface area contributed by atoms with E-state index in [1.54, 1.807) is 11.7 Å². The first kappa shape index (κ1) is 24.5. The van der Waals surface area contributed by atoms with Crippen molar-refractivity contribution in [1.82, 2.24) is 19.1 Å². The van der Waals surface area contributed by atoms with Crippen LogP contribution in [0.3, 0.4) is 0 Å². The van der Waals surface area contributed by atoms with Crippen LogP contribution >= 0.6 is 11.3 Å². The number of benzene rings is 1. The molecule has 4 aromatic rings. The van der Waals surface area contributed by atoms with E-state index < -0.39 is 17.2 Å². The third-order valence-corrected chi connectivity index (χ3v) is 6.90. The van der Waals surface area contributed by atoms with Gasteiger partial charge in [0.1, 0.15) is 23.1 Å². The summed E-state index contributed by atoms with van der Waals surface area (Å²) in [7, 11) is 1.62. The van der Waals surface area contributed by atoms with Crippen LogP contribution in [0.5, 0.6) is 5.75 Å². The molecule has 0 fully saturated rings. The van der Waals surface area contributed by atoms with Crippen LogP contribution in [0.4, 0.5) is 0 Å². The van der Waals surface area contributed by atoms with Crippen molar-refractivity contribution < 1.29 is 14.3 Å². The van der Waals surface area contributed by atoms with Crippen molar-refractivity contribution in [2.75, 3.05) is 7.11 Å². The second-order valence-electron chi connectivity index (χ2n) is 8.09. The molecule has 4 rings (SSSR count). The largest absolute Gasteiger partial charge is 0.497 e. The van der Waals surface area contributed by atoms with Crippen molar-refractivity contribution in [1.29, 1.82) is 0 Å². The van der Waals surface area contributed by atoms with Gasteiger partial charge in [-0.05, 0) is 49.6 Å². The number of nitrogens with zero attached hydrogens (tertiary/aromatic N) is 3. The number of hydrogen-bond donors (Lipinski definition) is 1. The van der Waals surface area contributed by atoms with Crippen molar-refractivity contribution in [3.05, 3.63) is 66.7 Å². The molecule has 0 radical (unpaired) electrons. The molecule has 1 aromatic carbocycles. The fourth-order valence-corrected chi connectivity index (χ4v) is 4.97. The summed E-state index contributed by atoms with van der Waals surface area (Å²) in [6, 6.07) is 9.47. The molecule has 0 saturated carbocycles. The Labute approximate surface area is 206 Å². The maximum atomic E-state index is 12.9. The van der Waals surface area contributed by atoms with Crippen molar-refractivity contribution in [3.8, 4) is 16.9 Å². The Bertz CT molecular complexity index is 1480. The summed E-state index contributed by atoms with van der Waals surface area (Å²) in [6.45, 7) is 6.63. The fraction of sp³-hybridized carbons (Fsp3) is 0.360. The zero-order valence-electron chi connectivity index (χ0n) is 20.2. The van der Waals surface area contributed by atoms with Crippen molar-refractivity contribution in [2.24, 2.45) is 0 Å². The zero-order valence-corrected chi connectivity index (χ0v) is 21.0. The van der Waals surface area contributed by atoms with Gasteiger partial charge >= 0.3 is 11.7 Å². The second kappa shape index (κ2) is 10.3. The number of unbranched alkanes of at least 4 members (excludes halogenated alkanes) is 1. The number of methoxy groups -OCH3 is 1. The van der Waals surface area contributed by atoms with Gasteiger partial charge in [-0.25, -0.2) is 14.6 Å². The molecule has 0 aliphatic heterocycles. The Balaban J connectivity index is 1.60. The van der Waals surface area contributed by atoms with Crippen LogP contribution in [-0.2, 0) is 24.4 Å². The normalized spacial score (nSPS) is 11.2. The fourth-order valence-electron chi connectivity index (χ4n) is 4.03. The SMILES string of the molecule is CCCCn1c(=O)[nH]c(=O)c2c1nc(COC(=O)c1cc(-c3ccc(OC)cc3)c(C)s1)n2CC. The summed E-state index contributed by atoms with van der Waals surface area (Å²) in [5.41, 5.74) is 1.58. The third kappa shape index (κ3) is 4.79. The van der Waals surface area contributed by atoms with Gasteiger partial charge in [0.15, 0.2) is 11.2 Å². The van der Waals surface area contributed by atoms with Gasteiger partial charge in [0.2, 0.25) is 0 Å². The number of esters is 1. The number of ether oxygens (including phenoxy) is 2. The number of carbonyl (C=O) groups is 1. The maximum Gasteiger partial charge on any atom is 0.348 e. The molecular weight excluding hydrogens is 468 g/mol. The molecule has 35 heavy (non-hydrogen) atoms. The number of fused-ring (bicyclic) bond motifs is 1. The van der Waals surface area contributed by atoms with E-state index in [1.165, 1.54) is 15.9 Å². The molecule has 0 aliphatic carbocycles. The average molecular weight is 497 g/mol. The number of H-pyrrole nitrogens is 1. The lowest BCUT2D eigenvalue weighted by Crippen LogP contribution is -2.31. The number of thiophene rings is 1. The number of nitrogens with one attached hydrogen (secondary N) is 1. The number of rotatable bonds is 9. The molecule has 0 spiro atoms. The highest BCUT2D eigenvalue weighted by Crippen LogP contribution is 2.32. The molecule has 0 unspecified atom stereocenters. The van der Waals surface area contributed by atoms with Crippen LogP contribution in [0.1, 0.15) is 47.1 Å². The quantitative estimate of drug-likeness (QED) is 0.350. The summed E-state index contributed by atoms with van der Waals surface area (Å²) in [5.74, 6) is 0.713. The summed E-state index contributed by atoms with van der Waals surface area (Å²) in [4.78, 5) is 46.2. The first-order chi connectivity index (χ1) is 16.9. The standard InChI is InChI=1S/C25H28N4O5S/c1-5-7-12-29-22-21(23(30)27-25(29)32)28(6-2)20(26-22)14-34-24(31)19-13-18(15(3)35-19)16-8-10-17(33-4)11-9-16/h8-11,13H,5-7,12,14H2,1-4H3,(H,27,30,32). The van der Waals surface area contributed by atoms with Crippen LogP contribution in [0.2, 0.25) is 0 Å². The average Bonchev–Trinajstić information content (AvgIpc) is 3.43. The molecule has 3 heterocycles. The summed E-state index contributed by atoms with van der Waals surface area (Å²) < 4.78 is 14.0. The van der Waals surface area contributed by atoms with E-state index in [1.807, 2.05) is 51.1 Å². The first-order valence-corrected chi connectivity index (χ1v) is 12.3. The van der Waals surface area contributed by atoms with E-state index in [4.69, 9.17) is 9.47 Å². The van der Waals surface area contributed by atoms with E-state index in [9.17, 15) is 14.4 Å². The molecule has 0 saturated heterocycles. The van der Waals surface area contributed by atoms with E-state index in [-0.39, 0.29) is 6.61 Å². The van der Waals surface area contributed by atoms with E-state index in [2.05, 4.69) is 9.97 Å². The Morgan fingerprint density at radius 1 is 1.14 bits per heavy atom. The van der Waals surface area contributed by atoms with Crippen LogP contribution in [-0.4, -0.2) is 32.2 Å². The number of imidazole rings is 1. The number of aromatic nitrogens is 4. The Morgan fingerprint density at radius 2 is 1.89 bits per heavy atom. The molecule has 0 amide bonds. The van der Waals surface area contributed by atoms with E-state index in [0.717, 1.165) is 34.6 Å². The molecule has 0 atom stereocenters. The van der Waals surface area contributed by atoms with Gasteiger partial charge in [-0.1, -0.05) is 25.5 Å². The van der Waals surface area contributed by atoms with Crippen LogP contribution < -0.4 is 16.0 Å². The lowest BCUT2D eigenvalue weighted by Gasteiger charge is -2.07. The smallest absolute Gasteiger partial charge is 0.348 e. The Morgan fingerprint density at radius 3 is 2.54 bits per heavy atom. The number of hydrogen-bond acceptors (Lipinski definition) is 7. The van der Waals surface area contributed by atoms with Gasteiger partial charge in [0.05, 0.1) is 7.11 Å². The van der Waals surface area contributed by atoms with Crippen LogP contribution in [0.25, 0.3) is 22.3 Å². The molecule has 184 valence electrons.